The van der Waals surface area contributed by atoms with E-state index < -0.39 is 0 Å². The molecule has 0 saturated heterocycles. The van der Waals surface area contributed by atoms with E-state index >= 15 is 0 Å². The summed E-state index contributed by atoms with van der Waals surface area (Å²) in [7, 11) is 3.65. The highest BCUT2D eigenvalue weighted by molar-refractivity contribution is 7.99. The zero-order valence-corrected chi connectivity index (χ0v) is 17.6. The lowest BCUT2D eigenvalue weighted by Crippen LogP contribution is -2.39. The van der Waals surface area contributed by atoms with Gasteiger partial charge in [0.15, 0.2) is 11.8 Å². The zero-order chi connectivity index (χ0) is 19.5. The van der Waals surface area contributed by atoms with Gasteiger partial charge >= 0.3 is 0 Å². The number of rotatable bonds is 10. The van der Waals surface area contributed by atoms with Gasteiger partial charge in [0.05, 0.1) is 0 Å². The average Bonchev–Trinajstić information content (AvgIpc) is 2.99. The smallest absolute Gasteiger partial charge is 0.191 e. The molecule has 0 aliphatic rings. The van der Waals surface area contributed by atoms with Crippen LogP contribution in [-0.4, -0.2) is 53.3 Å². The minimum Gasteiger partial charge on any atom is -0.385 e. The van der Waals surface area contributed by atoms with Gasteiger partial charge in [-0.3, -0.25) is 0 Å². The minimum atomic E-state index is 0.473. The molecule has 2 aromatic rings. The van der Waals surface area contributed by atoms with Gasteiger partial charge in [-0.15, -0.1) is 22.0 Å². The SMILES string of the molecule is COCCCNC(=NCc1nnc(C)n1C)NCCSc1ccc(Cl)cc1. The lowest BCUT2D eigenvalue weighted by Gasteiger charge is -2.12. The van der Waals surface area contributed by atoms with Gasteiger partial charge in [-0.1, -0.05) is 11.6 Å². The van der Waals surface area contributed by atoms with Crippen LogP contribution in [0.15, 0.2) is 34.2 Å². The van der Waals surface area contributed by atoms with Crippen molar-refractivity contribution in [1.82, 2.24) is 25.4 Å². The molecule has 0 aliphatic carbocycles. The molecule has 9 heteroatoms. The molecule has 148 valence electrons. The van der Waals surface area contributed by atoms with E-state index in [1.54, 1.807) is 18.9 Å². The molecule has 0 fully saturated rings. The molecule has 2 rings (SSSR count). The Morgan fingerprint density at radius 1 is 1.22 bits per heavy atom. The Hall–Kier alpha value is -1.77. The third-order valence-corrected chi connectivity index (χ3v) is 5.12. The van der Waals surface area contributed by atoms with Crippen LogP contribution in [0.1, 0.15) is 18.1 Å². The van der Waals surface area contributed by atoms with Crippen molar-refractivity contribution in [3.63, 3.8) is 0 Å². The summed E-state index contributed by atoms with van der Waals surface area (Å²) in [5, 5.41) is 15.7. The average molecular weight is 411 g/mol. The van der Waals surface area contributed by atoms with Gasteiger partial charge in [0.1, 0.15) is 12.4 Å². The Balaban J connectivity index is 1.83. The number of ether oxygens (including phenoxy) is 1. The van der Waals surface area contributed by atoms with Crippen molar-refractivity contribution in [2.24, 2.45) is 12.0 Å². The summed E-state index contributed by atoms with van der Waals surface area (Å²) >= 11 is 7.69. The standard InChI is InChI=1S/C18H27ClN6OS/c1-14-23-24-17(25(14)2)13-22-18(20-9-4-11-26-3)21-10-12-27-16-7-5-15(19)6-8-16/h5-8H,4,9-13H2,1-3H3,(H2,20,21,22). The molecule has 27 heavy (non-hydrogen) atoms. The van der Waals surface area contributed by atoms with Crippen molar-refractivity contribution in [1.29, 1.82) is 0 Å². The molecule has 7 nitrogen and oxygen atoms in total. The predicted molar refractivity (Wildman–Crippen MR) is 112 cm³/mol. The van der Waals surface area contributed by atoms with Crippen molar-refractivity contribution in [2.75, 3.05) is 32.6 Å². The molecule has 0 spiro atoms. The summed E-state index contributed by atoms with van der Waals surface area (Å²) in [6.07, 6.45) is 0.916. The third kappa shape index (κ3) is 7.78. The molecular formula is C18H27ClN6OS. The van der Waals surface area contributed by atoms with Gasteiger partial charge in [0.25, 0.3) is 0 Å². The van der Waals surface area contributed by atoms with Crippen LogP contribution in [-0.2, 0) is 18.3 Å². The maximum absolute atomic E-state index is 5.92. The highest BCUT2D eigenvalue weighted by Gasteiger charge is 2.05. The van der Waals surface area contributed by atoms with E-state index in [9.17, 15) is 0 Å². The summed E-state index contributed by atoms with van der Waals surface area (Å²) in [4.78, 5) is 5.82. The first-order valence-electron chi connectivity index (χ1n) is 8.84. The molecule has 1 aromatic carbocycles. The van der Waals surface area contributed by atoms with E-state index in [2.05, 4.69) is 25.8 Å². The fourth-order valence-electron chi connectivity index (χ4n) is 2.21. The monoisotopic (exact) mass is 410 g/mol. The molecular weight excluding hydrogens is 384 g/mol. The lowest BCUT2D eigenvalue weighted by molar-refractivity contribution is 0.195. The Bertz CT molecular complexity index is 719. The minimum absolute atomic E-state index is 0.473. The maximum Gasteiger partial charge on any atom is 0.191 e. The second-order valence-electron chi connectivity index (χ2n) is 5.89. The highest BCUT2D eigenvalue weighted by atomic mass is 35.5. The van der Waals surface area contributed by atoms with Crippen LogP contribution in [0.25, 0.3) is 0 Å². The van der Waals surface area contributed by atoms with Crippen molar-refractivity contribution in [3.8, 4) is 0 Å². The summed E-state index contributed by atoms with van der Waals surface area (Å²) in [5.74, 6) is 3.40. The Morgan fingerprint density at radius 3 is 2.63 bits per heavy atom. The number of thioether (sulfide) groups is 1. The van der Waals surface area contributed by atoms with Gasteiger partial charge in [0, 0.05) is 49.5 Å². The number of nitrogens with one attached hydrogen (secondary N) is 2. The fraction of sp³-hybridized carbons (Fsp3) is 0.500. The second-order valence-corrected chi connectivity index (χ2v) is 7.49. The topological polar surface area (TPSA) is 76.4 Å². The highest BCUT2D eigenvalue weighted by Crippen LogP contribution is 2.19. The van der Waals surface area contributed by atoms with Crippen LogP contribution in [0.4, 0.5) is 0 Å². The number of nitrogens with zero attached hydrogens (tertiary/aromatic N) is 4. The molecule has 0 saturated carbocycles. The number of hydrogen-bond donors (Lipinski definition) is 2. The van der Waals surface area contributed by atoms with E-state index in [0.29, 0.717) is 6.54 Å². The Labute approximate surface area is 169 Å². The predicted octanol–water partition coefficient (Wildman–Crippen LogP) is 2.64. The second kappa shape index (κ2) is 11.8. The summed E-state index contributed by atoms with van der Waals surface area (Å²) in [5.41, 5.74) is 0. The molecule has 0 unspecified atom stereocenters. The Kier molecular flexibility index (Phi) is 9.44. The van der Waals surface area contributed by atoms with E-state index in [0.717, 1.165) is 54.5 Å². The summed E-state index contributed by atoms with van der Waals surface area (Å²) < 4.78 is 7.04. The molecule has 1 aromatic heterocycles. The molecule has 0 amide bonds. The number of hydrogen-bond acceptors (Lipinski definition) is 5. The number of guanidine groups is 1. The van der Waals surface area contributed by atoms with Crippen molar-refractivity contribution >= 4 is 29.3 Å². The third-order valence-electron chi connectivity index (χ3n) is 3.86. The van der Waals surface area contributed by atoms with Gasteiger partial charge < -0.3 is 19.9 Å². The van der Waals surface area contributed by atoms with Crippen LogP contribution in [0.2, 0.25) is 5.02 Å². The normalized spacial score (nSPS) is 11.6. The van der Waals surface area contributed by atoms with Crippen LogP contribution in [0.5, 0.6) is 0 Å². The molecule has 1 heterocycles. The number of benzene rings is 1. The maximum atomic E-state index is 5.92. The fourth-order valence-corrected chi connectivity index (χ4v) is 3.10. The summed E-state index contributed by atoms with van der Waals surface area (Å²) in [6, 6.07) is 7.87. The van der Waals surface area contributed by atoms with Crippen molar-refractivity contribution in [2.45, 2.75) is 24.8 Å². The van der Waals surface area contributed by atoms with E-state index in [1.165, 1.54) is 4.90 Å². The van der Waals surface area contributed by atoms with Gasteiger partial charge in [-0.25, -0.2) is 4.99 Å². The van der Waals surface area contributed by atoms with Gasteiger partial charge in [0.2, 0.25) is 0 Å². The van der Waals surface area contributed by atoms with Gasteiger partial charge in [-0.05, 0) is 37.6 Å². The first kappa shape index (κ1) is 21.5. The number of aliphatic imine (C=N–C) groups is 1. The number of aromatic nitrogens is 3. The number of aryl methyl sites for hydroxylation is 1. The van der Waals surface area contributed by atoms with E-state index in [-0.39, 0.29) is 0 Å². The lowest BCUT2D eigenvalue weighted by atomic mass is 10.4. The first-order chi connectivity index (χ1) is 13.1. The molecule has 0 radical (unpaired) electrons. The number of halogens is 1. The quantitative estimate of drug-likeness (QED) is 0.271. The van der Waals surface area contributed by atoms with Crippen LogP contribution < -0.4 is 10.6 Å². The van der Waals surface area contributed by atoms with Crippen LogP contribution in [0, 0.1) is 6.92 Å². The molecule has 2 N–H and O–H groups in total. The van der Waals surface area contributed by atoms with Crippen LogP contribution >= 0.6 is 23.4 Å². The summed E-state index contributed by atoms with van der Waals surface area (Å²) in [6.45, 7) is 4.70. The first-order valence-corrected chi connectivity index (χ1v) is 10.2. The van der Waals surface area contributed by atoms with Crippen molar-refractivity contribution < 1.29 is 4.74 Å². The largest absolute Gasteiger partial charge is 0.385 e. The molecule has 0 atom stereocenters. The van der Waals surface area contributed by atoms with Crippen molar-refractivity contribution in [3.05, 3.63) is 40.9 Å². The number of methoxy groups -OCH3 is 1. The zero-order valence-electron chi connectivity index (χ0n) is 16.0. The molecule has 0 aliphatic heterocycles. The van der Waals surface area contributed by atoms with Crippen LogP contribution in [0.3, 0.4) is 0 Å². The van der Waals surface area contributed by atoms with E-state index in [1.807, 2.05) is 42.8 Å². The molecule has 0 bridgehead atoms. The Morgan fingerprint density at radius 2 is 1.96 bits per heavy atom. The van der Waals surface area contributed by atoms with Gasteiger partial charge in [-0.2, -0.15) is 0 Å². The van der Waals surface area contributed by atoms with E-state index in [4.69, 9.17) is 16.3 Å².